The molecule has 4 atom stereocenters. The van der Waals surface area contributed by atoms with Gasteiger partial charge in [0.15, 0.2) is 0 Å². The highest BCUT2D eigenvalue weighted by molar-refractivity contribution is 5.19. The topological polar surface area (TPSA) is 0 Å². The molecular weight excluding hydrogens is 300 g/mol. The summed E-state index contributed by atoms with van der Waals surface area (Å²) in [5.74, 6) is 2.94. The van der Waals surface area contributed by atoms with Crippen molar-refractivity contribution in [3.05, 3.63) is 60.7 Å². The van der Waals surface area contributed by atoms with Crippen LogP contribution in [0.1, 0.15) is 84.1 Å². The standard InChI is InChI=1S/C25H40/c1-6-10-12-15-22(7-2)20-23(8-3)18-21(5)19-24(9-4)25-16-13-11-14-17-25/h7,10-14,16-17,21-24H,2,6,8-9,15,18-20H2,1,3-5H3/b12-10+. The van der Waals surface area contributed by atoms with Gasteiger partial charge >= 0.3 is 0 Å². The van der Waals surface area contributed by atoms with Crippen molar-refractivity contribution < 1.29 is 0 Å². The Balaban J connectivity index is 2.54. The first-order valence-electron chi connectivity index (χ1n) is 10.5. The lowest BCUT2D eigenvalue weighted by atomic mass is 9.80. The summed E-state index contributed by atoms with van der Waals surface area (Å²) in [5, 5.41) is 0. The molecule has 0 saturated heterocycles. The molecule has 0 nitrogen and oxygen atoms in total. The lowest BCUT2D eigenvalue weighted by Crippen LogP contribution is -2.13. The number of allylic oxidation sites excluding steroid dienone is 3. The Morgan fingerprint density at radius 1 is 0.920 bits per heavy atom. The highest BCUT2D eigenvalue weighted by Crippen LogP contribution is 2.32. The van der Waals surface area contributed by atoms with E-state index in [0.717, 1.165) is 24.7 Å². The van der Waals surface area contributed by atoms with Crippen LogP contribution in [-0.2, 0) is 0 Å². The van der Waals surface area contributed by atoms with Gasteiger partial charge in [-0.1, -0.05) is 82.7 Å². The molecule has 0 N–H and O–H groups in total. The van der Waals surface area contributed by atoms with Gasteiger partial charge in [-0.3, -0.25) is 0 Å². The van der Waals surface area contributed by atoms with Crippen LogP contribution in [0.25, 0.3) is 0 Å². The molecule has 0 spiro atoms. The van der Waals surface area contributed by atoms with E-state index in [4.69, 9.17) is 0 Å². The zero-order chi connectivity index (χ0) is 18.5. The summed E-state index contributed by atoms with van der Waals surface area (Å²) in [6.45, 7) is 13.4. The Bertz CT molecular complexity index is 470. The average Bonchev–Trinajstić information content (AvgIpc) is 2.65. The van der Waals surface area contributed by atoms with Crippen LogP contribution in [-0.4, -0.2) is 0 Å². The summed E-state index contributed by atoms with van der Waals surface area (Å²) < 4.78 is 0. The molecular formula is C25H40. The molecule has 0 bridgehead atoms. The van der Waals surface area contributed by atoms with Crippen LogP contribution < -0.4 is 0 Å². The van der Waals surface area contributed by atoms with E-state index in [2.05, 4.69) is 82.8 Å². The van der Waals surface area contributed by atoms with Crippen LogP contribution >= 0.6 is 0 Å². The minimum Gasteiger partial charge on any atom is -0.103 e. The first-order valence-corrected chi connectivity index (χ1v) is 10.5. The summed E-state index contributed by atoms with van der Waals surface area (Å²) in [7, 11) is 0. The van der Waals surface area contributed by atoms with E-state index in [9.17, 15) is 0 Å². The lowest BCUT2D eigenvalue weighted by molar-refractivity contribution is 0.306. The van der Waals surface area contributed by atoms with Gasteiger partial charge in [-0.25, -0.2) is 0 Å². The van der Waals surface area contributed by atoms with Crippen LogP contribution in [0, 0.1) is 17.8 Å². The molecule has 0 radical (unpaired) electrons. The Kier molecular flexibility index (Phi) is 11.3. The molecule has 0 heteroatoms. The second-order valence-electron chi connectivity index (χ2n) is 7.71. The van der Waals surface area contributed by atoms with E-state index in [-0.39, 0.29) is 0 Å². The molecule has 0 aliphatic heterocycles. The van der Waals surface area contributed by atoms with Gasteiger partial charge in [0.2, 0.25) is 0 Å². The minimum atomic E-state index is 0.635. The third-order valence-corrected chi connectivity index (χ3v) is 5.57. The molecule has 0 saturated carbocycles. The number of benzene rings is 1. The minimum absolute atomic E-state index is 0.635. The largest absolute Gasteiger partial charge is 0.103 e. The van der Waals surface area contributed by atoms with Crippen LogP contribution in [0.3, 0.4) is 0 Å². The molecule has 0 aliphatic rings. The van der Waals surface area contributed by atoms with Gasteiger partial charge in [-0.2, -0.15) is 0 Å². The first kappa shape index (κ1) is 21.7. The number of hydrogen-bond donors (Lipinski definition) is 0. The van der Waals surface area contributed by atoms with Gasteiger partial charge in [-0.05, 0) is 67.8 Å². The summed E-state index contributed by atoms with van der Waals surface area (Å²) in [5.41, 5.74) is 1.51. The van der Waals surface area contributed by atoms with Crippen LogP contribution in [0.4, 0.5) is 0 Å². The third kappa shape index (κ3) is 8.56. The Hall–Kier alpha value is -1.30. The molecule has 0 aliphatic carbocycles. The van der Waals surface area contributed by atoms with Gasteiger partial charge in [0.05, 0.1) is 0 Å². The van der Waals surface area contributed by atoms with Crippen molar-refractivity contribution in [2.45, 2.75) is 78.6 Å². The Morgan fingerprint density at radius 2 is 1.64 bits per heavy atom. The molecule has 4 unspecified atom stereocenters. The summed E-state index contributed by atoms with van der Waals surface area (Å²) >= 11 is 0. The quantitative estimate of drug-likeness (QED) is 0.318. The van der Waals surface area contributed by atoms with E-state index in [0.29, 0.717) is 11.8 Å². The zero-order valence-electron chi connectivity index (χ0n) is 17.1. The van der Waals surface area contributed by atoms with Crippen molar-refractivity contribution in [1.29, 1.82) is 0 Å². The number of rotatable bonds is 13. The van der Waals surface area contributed by atoms with Gasteiger partial charge in [0, 0.05) is 0 Å². The highest BCUT2D eigenvalue weighted by atomic mass is 14.2. The van der Waals surface area contributed by atoms with Crippen molar-refractivity contribution in [3.63, 3.8) is 0 Å². The maximum atomic E-state index is 4.07. The van der Waals surface area contributed by atoms with Gasteiger partial charge in [0.25, 0.3) is 0 Å². The van der Waals surface area contributed by atoms with Gasteiger partial charge in [0.1, 0.15) is 0 Å². The fourth-order valence-corrected chi connectivity index (χ4v) is 4.00. The smallest absolute Gasteiger partial charge is 0.0162 e. The monoisotopic (exact) mass is 340 g/mol. The second-order valence-corrected chi connectivity index (χ2v) is 7.71. The van der Waals surface area contributed by atoms with Crippen LogP contribution in [0.15, 0.2) is 55.1 Å². The zero-order valence-corrected chi connectivity index (χ0v) is 17.1. The fourth-order valence-electron chi connectivity index (χ4n) is 4.00. The molecule has 0 heterocycles. The number of hydrogen-bond acceptors (Lipinski definition) is 0. The lowest BCUT2D eigenvalue weighted by Gasteiger charge is -2.26. The van der Waals surface area contributed by atoms with E-state index in [1.54, 1.807) is 0 Å². The average molecular weight is 341 g/mol. The molecule has 0 aromatic heterocycles. The molecule has 1 aromatic rings. The van der Waals surface area contributed by atoms with Crippen LogP contribution in [0.2, 0.25) is 0 Å². The van der Waals surface area contributed by atoms with Crippen molar-refractivity contribution in [2.75, 3.05) is 0 Å². The van der Waals surface area contributed by atoms with Gasteiger partial charge in [-0.15, -0.1) is 6.58 Å². The summed E-state index contributed by atoms with van der Waals surface area (Å²) in [6, 6.07) is 11.1. The SMILES string of the molecule is C=CC(C/C=C/CC)CC(CC)CC(C)CC(CC)c1ccccc1. The third-order valence-electron chi connectivity index (χ3n) is 5.57. The molecule has 25 heavy (non-hydrogen) atoms. The predicted molar refractivity (Wildman–Crippen MR) is 114 cm³/mol. The Labute approximate surface area is 157 Å². The van der Waals surface area contributed by atoms with E-state index in [1.807, 2.05) is 0 Å². The summed E-state index contributed by atoms with van der Waals surface area (Å²) in [6.07, 6.45) is 15.6. The molecule has 1 aromatic carbocycles. The second kappa shape index (κ2) is 13.0. The molecule has 140 valence electrons. The normalized spacial score (nSPS) is 16.5. The van der Waals surface area contributed by atoms with Crippen molar-refractivity contribution >= 4 is 0 Å². The fraction of sp³-hybridized carbons (Fsp3) is 0.600. The molecule has 0 fully saturated rings. The maximum Gasteiger partial charge on any atom is -0.0162 e. The maximum absolute atomic E-state index is 4.07. The molecule has 1 rings (SSSR count). The van der Waals surface area contributed by atoms with E-state index >= 15 is 0 Å². The Morgan fingerprint density at radius 3 is 2.20 bits per heavy atom. The van der Waals surface area contributed by atoms with Crippen molar-refractivity contribution in [1.82, 2.24) is 0 Å². The van der Waals surface area contributed by atoms with E-state index < -0.39 is 0 Å². The van der Waals surface area contributed by atoms with Crippen molar-refractivity contribution in [3.8, 4) is 0 Å². The predicted octanol–water partition coefficient (Wildman–Crippen LogP) is 8.17. The van der Waals surface area contributed by atoms with Crippen molar-refractivity contribution in [2.24, 2.45) is 17.8 Å². The summed E-state index contributed by atoms with van der Waals surface area (Å²) in [4.78, 5) is 0. The van der Waals surface area contributed by atoms with Gasteiger partial charge < -0.3 is 0 Å². The van der Waals surface area contributed by atoms with Crippen LogP contribution in [0.5, 0.6) is 0 Å². The molecule has 0 amide bonds. The van der Waals surface area contributed by atoms with E-state index in [1.165, 1.54) is 37.7 Å². The first-order chi connectivity index (χ1) is 12.1. The highest BCUT2D eigenvalue weighted by Gasteiger charge is 2.19.